The van der Waals surface area contributed by atoms with Gasteiger partial charge in [0.25, 0.3) is 5.91 Å². The molecule has 220 valence electrons. The number of aliphatic hydroxyl groups is 1. The van der Waals surface area contributed by atoms with Gasteiger partial charge in [-0.05, 0) is 66.8 Å². The summed E-state index contributed by atoms with van der Waals surface area (Å²) in [5.74, 6) is -1.66. The Bertz CT molecular complexity index is 1520. The Hall–Kier alpha value is -3.69. The lowest BCUT2D eigenvalue weighted by Gasteiger charge is -2.31. The first-order valence-corrected chi connectivity index (χ1v) is 15.1. The molecule has 6 rings (SSSR count). The number of aliphatic hydroxyl groups excluding tert-OH is 1. The highest BCUT2D eigenvalue weighted by molar-refractivity contribution is 6.36. The monoisotopic (exact) mass is 590 g/mol. The van der Waals surface area contributed by atoms with Gasteiger partial charge < -0.3 is 25.6 Å². The lowest BCUT2D eigenvalue weighted by Crippen LogP contribution is -2.54. The summed E-state index contributed by atoms with van der Waals surface area (Å²) in [4.78, 5) is 57.6. The number of carbonyl (C=O) groups is 4. The molecule has 3 fully saturated rings. The molecule has 3 heterocycles. The summed E-state index contributed by atoms with van der Waals surface area (Å²) in [7, 11) is 0. The summed E-state index contributed by atoms with van der Waals surface area (Å²) in [6.07, 6.45) is 4.45. The highest BCUT2D eigenvalue weighted by Gasteiger charge is 2.49. The van der Waals surface area contributed by atoms with E-state index in [4.69, 9.17) is 11.6 Å². The van der Waals surface area contributed by atoms with E-state index in [0.717, 1.165) is 47.7 Å². The van der Waals surface area contributed by atoms with E-state index in [9.17, 15) is 24.3 Å². The number of ketones is 1. The molecule has 5 atom stereocenters. The van der Waals surface area contributed by atoms with Crippen molar-refractivity contribution in [2.45, 2.75) is 50.6 Å². The number of nitrogens with one attached hydrogen (secondary N) is 3. The van der Waals surface area contributed by atoms with Crippen molar-refractivity contribution in [3.8, 4) is 11.1 Å². The zero-order chi connectivity index (χ0) is 29.4. The highest BCUT2D eigenvalue weighted by atomic mass is 35.5. The fraction of sp³-hybridized carbons (Fsp3) is 0.438. The number of fused-ring (bicyclic) bond motifs is 2. The first kappa shape index (κ1) is 28.4. The van der Waals surface area contributed by atoms with Crippen LogP contribution in [0.25, 0.3) is 22.0 Å². The molecule has 3 amide bonds. The third kappa shape index (κ3) is 5.43. The first-order chi connectivity index (χ1) is 20.3. The molecular formula is C32H35ClN4O5. The number of hydrogen-bond donors (Lipinski definition) is 4. The molecular weight excluding hydrogens is 556 g/mol. The lowest BCUT2D eigenvalue weighted by molar-refractivity contribution is -0.133. The largest absolute Gasteiger partial charge is 0.389 e. The fourth-order valence-electron chi connectivity index (χ4n) is 7.07. The summed E-state index contributed by atoms with van der Waals surface area (Å²) < 4.78 is 0. The summed E-state index contributed by atoms with van der Waals surface area (Å²) in [6, 6.07) is 13.7. The zero-order valence-corrected chi connectivity index (χ0v) is 24.0. The van der Waals surface area contributed by atoms with Crippen molar-refractivity contribution >= 4 is 46.0 Å². The summed E-state index contributed by atoms with van der Waals surface area (Å²) in [5.41, 5.74) is 3.00. The maximum absolute atomic E-state index is 14.1. The van der Waals surface area contributed by atoms with Crippen LogP contribution in [-0.4, -0.2) is 70.3 Å². The van der Waals surface area contributed by atoms with Gasteiger partial charge in [-0.25, -0.2) is 0 Å². The molecule has 2 aromatic carbocycles. The van der Waals surface area contributed by atoms with Crippen LogP contribution >= 0.6 is 11.6 Å². The van der Waals surface area contributed by atoms with Crippen LogP contribution in [0.1, 0.15) is 49.0 Å². The van der Waals surface area contributed by atoms with Crippen molar-refractivity contribution in [1.29, 1.82) is 0 Å². The van der Waals surface area contributed by atoms with Crippen LogP contribution in [-0.2, 0) is 14.4 Å². The van der Waals surface area contributed by atoms with E-state index < -0.39 is 36.3 Å². The summed E-state index contributed by atoms with van der Waals surface area (Å²) in [6.45, 7) is 0.233. The molecule has 9 nitrogen and oxygen atoms in total. The Morgan fingerprint density at radius 1 is 1.05 bits per heavy atom. The smallest absolute Gasteiger partial charge is 0.271 e. The molecule has 0 radical (unpaired) electrons. The van der Waals surface area contributed by atoms with Crippen LogP contribution in [0.15, 0.2) is 48.5 Å². The van der Waals surface area contributed by atoms with Gasteiger partial charge in [0.05, 0.1) is 11.1 Å². The second-order valence-electron chi connectivity index (χ2n) is 11.8. The number of amides is 3. The molecule has 0 spiro atoms. The average Bonchev–Trinajstić information content (AvgIpc) is 3.73. The minimum Gasteiger partial charge on any atom is -0.389 e. The minimum absolute atomic E-state index is 0.0278. The van der Waals surface area contributed by atoms with Crippen LogP contribution in [0, 0.1) is 17.8 Å². The van der Waals surface area contributed by atoms with E-state index >= 15 is 0 Å². The number of rotatable bonds is 8. The van der Waals surface area contributed by atoms with Gasteiger partial charge in [0.2, 0.25) is 11.8 Å². The standard InChI is InChI=1S/C32H35ClN4O5/c33-24-12-21(18-6-2-1-3-7-18)14-25-23(24)15-27(35-25)32(42)37-16-20-8-4-5-9-22(20)29(37)31(41)36-26(28(39)17-38)13-19-10-11-34-30(19)40/h1-3,6-7,12,14-15,19-20,22,26,29,35,38H,4-5,8-11,13,16-17H2,(H,34,40)(H,36,41)/t19-,20-,22-,26?,29-/m0/s1. The van der Waals surface area contributed by atoms with Crippen molar-refractivity contribution < 1.29 is 24.3 Å². The minimum atomic E-state index is -1.00. The normalized spacial score (nSPS) is 24.3. The van der Waals surface area contributed by atoms with Gasteiger partial charge in [-0.15, -0.1) is 0 Å². The van der Waals surface area contributed by atoms with Crippen molar-refractivity contribution in [3.63, 3.8) is 0 Å². The van der Waals surface area contributed by atoms with Crippen molar-refractivity contribution in [2.24, 2.45) is 17.8 Å². The number of H-pyrrole nitrogens is 1. The van der Waals surface area contributed by atoms with Gasteiger partial charge in [0.1, 0.15) is 18.3 Å². The molecule has 1 aromatic heterocycles. The molecule has 1 saturated carbocycles. The fourth-order valence-corrected chi connectivity index (χ4v) is 7.35. The number of aromatic amines is 1. The number of hydrogen-bond acceptors (Lipinski definition) is 5. The van der Waals surface area contributed by atoms with E-state index in [1.165, 1.54) is 0 Å². The molecule has 10 heteroatoms. The third-order valence-electron chi connectivity index (χ3n) is 9.24. The SMILES string of the molecule is O=C(CO)C(C[C@@H]1CCNC1=O)NC(=O)[C@@H]1[C@H]2CCCC[C@H]2CN1C(=O)c1cc2c(Cl)cc(-c3ccccc3)cc2[nH]1. The number of Topliss-reactive ketones (excluding diaryl/α,β-unsaturated/α-hetero) is 1. The Labute approximate surface area is 249 Å². The number of benzene rings is 2. The molecule has 4 N–H and O–H groups in total. The zero-order valence-electron chi connectivity index (χ0n) is 23.3. The molecule has 2 saturated heterocycles. The molecule has 3 aromatic rings. The van der Waals surface area contributed by atoms with E-state index in [2.05, 4.69) is 15.6 Å². The number of nitrogens with zero attached hydrogens (tertiary/aromatic N) is 1. The summed E-state index contributed by atoms with van der Waals surface area (Å²) in [5, 5.41) is 16.4. The van der Waals surface area contributed by atoms with E-state index in [1.54, 1.807) is 11.0 Å². The number of likely N-dealkylation sites (tertiary alicyclic amines) is 1. The van der Waals surface area contributed by atoms with Crippen molar-refractivity contribution in [2.75, 3.05) is 19.7 Å². The van der Waals surface area contributed by atoms with Gasteiger partial charge in [-0.2, -0.15) is 0 Å². The Morgan fingerprint density at radius 3 is 2.57 bits per heavy atom. The predicted molar refractivity (Wildman–Crippen MR) is 159 cm³/mol. The van der Waals surface area contributed by atoms with Crippen molar-refractivity contribution in [1.82, 2.24) is 20.5 Å². The second kappa shape index (κ2) is 11.9. The molecule has 2 aliphatic heterocycles. The summed E-state index contributed by atoms with van der Waals surface area (Å²) >= 11 is 6.66. The number of carbonyl (C=O) groups excluding carboxylic acids is 4. The van der Waals surface area contributed by atoms with E-state index in [1.807, 2.05) is 42.5 Å². The molecule has 42 heavy (non-hydrogen) atoms. The molecule has 0 bridgehead atoms. The van der Waals surface area contributed by atoms with Gasteiger partial charge in [-0.3, -0.25) is 19.2 Å². The van der Waals surface area contributed by atoms with Crippen LogP contribution in [0.2, 0.25) is 5.02 Å². The van der Waals surface area contributed by atoms with Gasteiger partial charge in [0.15, 0.2) is 5.78 Å². The van der Waals surface area contributed by atoms with Gasteiger partial charge in [-0.1, -0.05) is 54.8 Å². The topological polar surface area (TPSA) is 132 Å². The maximum atomic E-state index is 14.1. The number of halogens is 1. The van der Waals surface area contributed by atoms with Crippen molar-refractivity contribution in [3.05, 3.63) is 59.2 Å². The highest BCUT2D eigenvalue weighted by Crippen LogP contribution is 2.42. The van der Waals surface area contributed by atoms with Gasteiger partial charge >= 0.3 is 0 Å². The second-order valence-corrected chi connectivity index (χ2v) is 12.2. The molecule has 1 aliphatic carbocycles. The predicted octanol–water partition coefficient (Wildman–Crippen LogP) is 3.69. The third-order valence-corrected chi connectivity index (χ3v) is 9.55. The Kier molecular flexibility index (Phi) is 8.05. The molecule has 1 unspecified atom stereocenters. The number of aromatic nitrogens is 1. The average molecular weight is 591 g/mol. The van der Waals surface area contributed by atoms with Gasteiger partial charge in [0, 0.05) is 29.9 Å². The maximum Gasteiger partial charge on any atom is 0.271 e. The Balaban J connectivity index is 1.28. The van der Waals surface area contributed by atoms with E-state index in [0.29, 0.717) is 30.2 Å². The van der Waals surface area contributed by atoms with Crippen LogP contribution in [0.5, 0.6) is 0 Å². The van der Waals surface area contributed by atoms with Crippen LogP contribution < -0.4 is 10.6 Å². The van der Waals surface area contributed by atoms with Crippen LogP contribution in [0.4, 0.5) is 0 Å². The lowest BCUT2D eigenvalue weighted by atomic mass is 9.78. The van der Waals surface area contributed by atoms with Crippen LogP contribution in [0.3, 0.4) is 0 Å². The van der Waals surface area contributed by atoms with E-state index in [-0.39, 0.29) is 30.1 Å². The Morgan fingerprint density at radius 2 is 1.83 bits per heavy atom. The quantitative estimate of drug-likeness (QED) is 0.318. The first-order valence-electron chi connectivity index (χ1n) is 14.7. The molecule has 3 aliphatic rings.